The molecule has 140 valence electrons. The quantitative estimate of drug-likeness (QED) is 0.901. The van der Waals surface area contributed by atoms with Gasteiger partial charge in [-0.1, -0.05) is 18.2 Å². The molecule has 0 radical (unpaired) electrons. The van der Waals surface area contributed by atoms with Crippen molar-refractivity contribution in [3.05, 3.63) is 63.1 Å². The molecular formula is C21H24N4O2. The molecule has 1 aromatic heterocycles. The van der Waals surface area contributed by atoms with Crippen LogP contribution in [0, 0.1) is 25.2 Å². The summed E-state index contributed by atoms with van der Waals surface area (Å²) < 4.78 is 0. The van der Waals surface area contributed by atoms with Crippen LogP contribution in [0.3, 0.4) is 0 Å². The maximum Gasteiger partial charge on any atom is 0.266 e. The second-order valence-electron chi connectivity index (χ2n) is 6.87. The fourth-order valence-corrected chi connectivity index (χ4v) is 3.66. The summed E-state index contributed by atoms with van der Waals surface area (Å²) in [6, 6.07) is 12.2. The molecule has 27 heavy (non-hydrogen) atoms. The highest BCUT2D eigenvalue weighted by Crippen LogP contribution is 2.18. The molecule has 6 heteroatoms. The van der Waals surface area contributed by atoms with Crippen LogP contribution in [0.5, 0.6) is 0 Å². The topological polar surface area (TPSA) is 80.2 Å². The molecule has 1 saturated heterocycles. The zero-order chi connectivity index (χ0) is 19.4. The Hall–Kier alpha value is -3.07. The lowest BCUT2D eigenvalue weighted by Gasteiger charge is -2.36. The van der Waals surface area contributed by atoms with Gasteiger partial charge in [0.15, 0.2) is 0 Å². The number of hydrogen-bond acceptors (Lipinski definition) is 4. The third kappa shape index (κ3) is 4.03. The predicted octanol–water partition coefficient (Wildman–Crippen LogP) is 2.14. The standard InChI is InChI=1S/C21H24N4O2/c1-15-18(16(2)23-21(27)19(15)14-22)8-9-20(26)25-12-10-24(11-13-25)17-6-4-3-5-7-17/h3-7H,8-13H2,1-2H3,(H,23,27). The zero-order valence-electron chi connectivity index (χ0n) is 15.8. The van der Waals surface area contributed by atoms with Gasteiger partial charge in [0.05, 0.1) is 0 Å². The molecule has 2 aromatic rings. The molecule has 0 spiro atoms. The number of carbonyl (C=O) groups excluding carboxylic acids is 1. The minimum absolute atomic E-state index is 0.117. The molecule has 1 fully saturated rings. The first-order chi connectivity index (χ1) is 13.0. The van der Waals surface area contributed by atoms with Gasteiger partial charge in [-0.15, -0.1) is 0 Å². The van der Waals surface area contributed by atoms with E-state index in [-0.39, 0.29) is 17.0 Å². The van der Waals surface area contributed by atoms with E-state index in [0.717, 1.165) is 24.3 Å². The van der Waals surface area contributed by atoms with Crippen LogP contribution >= 0.6 is 0 Å². The number of anilines is 1. The van der Waals surface area contributed by atoms with E-state index in [4.69, 9.17) is 5.26 Å². The number of H-pyrrole nitrogens is 1. The van der Waals surface area contributed by atoms with Gasteiger partial charge in [0, 0.05) is 44.0 Å². The van der Waals surface area contributed by atoms with E-state index in [0.29, 0.717) is 31.5 Å². The van der Waals surface area contributed by atoms with E-state index < -0.39 is 0 Å². The average Bonchev–Trinajstić information content (AvgIpc) is 2.68. The summed E-state index contributed by atoms with van der Waals surface area (Å²) >= 11 is 0. The van der Waals surface area contributed by atoms with Crippen LogP contribution in [0.25, 0.3) is 0 Å². The maximum absolute atomic E-state index is 12.6. The molecule has 1 aliphatic heterocycles. The number of hydrogen-bond donors (Lipinski definition) is 1. The Morgan fingerprint density at radius 2 is 1.81 bits per heavy atom. The van der Waals surface area contributed by atoms with E-state index in [9.17, 15) is 9.59 Å². The number of pyridine rings is 1. The van der Waals surface area contributed by atoms with Crippen molar-refractivity contribution in [3.63, 3.8) is 0 Å². The Labute approximate surface area is 159 Å². The maximum atomic E-state index is 12.6. The summed E-state index contributed by atoms with van der Waals surface area (Å²) in [4.78, 5) is 31.4. The van der Waals surface area contributed by atoms with Crippen LogP contribution in [0.2, 0.25) is 0 Å². The van der Waals surface area contributed by atoms with Crippen molar-refractivity contribution in [3.8, 4) is 6.07 Å². The second-order valence-corrected chi connectivity index (χ2v) is 6.87. The number of nitrogens with zero attached hydrogens (tertiary/aromatic N) is 3. The smallest absolute Gasteiger partial charge is 0.266 e. The third-order valence-corrected chi connectivity index (χ3v) is 5.26. The van der Waals surface area contributed by atoms with Crippen LogP contribution in [-0.4, -0.2) is 42.0 Å². The number of nitriles is 1. The number of piperazine rings is 1. The van der Waals surface area contributed by atoms with Crippen molar-refractivity contribution in [1.82, 2.24) is 9.88 Å². The molecule has 1 aliphatic rings. The first-order valence-corrected chi connectivity index (χ1v) is 9.21. The SMILES string of the molecule is Cc1[nH]c(=O)c(C#N)c(C)c1CCC(=O)N1CCN(c2ccccc2)CC1. The van der Waals surface area contributed by atoms with Crippen molar-refractivity contribution >= 4 is 11.6 Å². The number of para-hydroxylation sites is 1. The van der Waals surface area contributed by atoms with Crippen LogP contribution in [0.15, 0.2) is 35.1 Å². The van der Waals surface area contributed by atoms with Gasteiger partial charge in [0.2, 0.25) is 5.91 Å². The minimum atomic E-state index is -0.361. The van der Waals surface area contributed by atoms with Gasteiger partial charge in [-0.3, -0.25) is 9.59 Å². The monoisotopic (exact) mass is 364 g/mol. The van der Waals surface area contributed by atoms with Crippen LogP contribution in [0.1, 0.15) is 28.8 Å². The number of aryl methyl sites for hydroxylation is 1. The Bertz CT molecular complexity index is 920. The highest BCUT2D eigenvalue weighted by atomic mass is 16.2. The van der Waals surface area contributed by atoms with E-state index in [2.05, 4.69) is 22.0 Å². The summed E-state index contributed by atoms with van der Waals surface area (Å²) in [6.45, 7) is 6.66. The van der Waals surface area contributed by atoms with E-state index >= 15 is 0 Å². The number of carbonyl (C=O) groups is 1. The normalized spacial score (nSPS) is 14.1. The molecule has 1 aromatic carbocycles. The fraction of sp³-hybridized carbons (Fsp3) is 0.381. The highest BCUT2D eigenvalue weighted by molar-refractivity contribution is 5.77. The highest BCUT2D eigenvalue weighted by Gasteiger charge is 2.22. The first kappa shape index (κ1) is 18.7. The first-order valence-electron chi connectivity index (χ1n) is 9.21. The van der Waals surface area contributed by atoms with Crippen molar-refractivity contribution in [2.75, 3.05) is 31.1 Å². The number of aromatic nitrogens is 1. The summed E-state index contributed by atoms with van der Waals surface area (Å²) in [7, 11) is 0. The van der Waals surface area contributed by atoms with Crippen molar-refractivity contribution in [2.45, 2.75) is 26.7 Å². The van der Waals surface area contributed by atoms with Gasteiger partial charge >= 0.3 is 0 Å². The molecule has 6 nitrogen and oxygen atoms in total. The largest absolute Gasteiger partial charge is 0.368 e. The van der Waals surface area contributed by atoms with E-state index in [1.165, 1.54) is 5.69 Å². The van der Waals surface area contributed by atoms with Gasteiger partial charge in [0.25, 0.3) is 5.56 Å². The Morgan fingerprint density at radius 1 is 1.15 bits per heavy atom. The lowest BCUT2D eigenvalue weighted by atomic mass is 9.99. The lowest BCUT2D eigenvalue weighted by molar-refractivity contribution is -0.131. The number of nitrogens with one attached hydrogen (secondary N) is 1. The number of benzene rings is 1. The predicted molar refractivity (Wildman–Crippen MR) is 105 cm³/mol. The lowest BCUT2D eigenvalue weighted by Crippen LogP contribution is -2.48. The molecule has 2 heterocycles. The number of aromatic amines is 1. The summed E-state index contributed by atoms with van der Waals surface area (Å²) in [6.07, 6.45) is 0.908. The fourth-order valence-electron chi connectivity index (χ4n) is 3.66. The van der Waals surface area contributed by atoms with Crippen LogP contribution in [-0.2, 0) is 11.2 Å². The molecule has 1 N–H and O–H groups in total. The molecule has 0 atom stereocenters. The molecule has 0 saturated carbocycles. The third-order valence-electron chi connectivity index (χ3n) is 5.26. The summed E-state index contributed by atoms with van der Waals surface area (Å²) in [5.74, 6) is 0.117. The molecule has 1 amide bonds. The summed E-state index contributed by atoms with van der Waals surface area (Å²) in [5, 5.41) is 9.16. The molecular weight excluding hydrogens is 340 g/mol. The zero-order valence-corrected chi connectivity index (χ0v) is 15.8. The van der Waals surface area contributed by atoms with Gasteiger partial charge in [-0.05, 0) is 43.5 Å². The van der Waals surface area contributed by atoms with Crippen LogP contribution < -0.4 is 10.5 Å². The minimum Gasteiger partial charge on any atom is -0.368 e. The Balaban J connectivity index is 1.60. The Morgan fingerprint density at radius 3 is 2.44 bits per heavy atom. The summed E-state index contributed by atoms with van der Waals surface area (Å²) in [5.41, 5.74) is 3.27. The molecule has 0 bridgehead atoms. The molecule has 3 rings (SSSR count). The second kappa shape index (κ2) is 8.09. The molecule has 0 unspecified atom stereocenters. The van der Waals surface area contributed by atoms with Crippen molar-refractivity contribution in [2.24, 2.45) is 0 Å². The van der Waals surface area contributed by atoms with E-state index in [1.807, 2.05) is 36.1 Å². The van der Waals surface area contributed by atoms with Crippen molar-refractivity contribution < 1.29 is 4.79 Å². The Kier molecular flexibility index (Phi) is 5.60. The number of amides is 1. The van der Waals surface area contributed by atoms with Gasteiger partial charge in [0.1, 0.15) is 11.6 Å². The average molecular weight is 364 g/mol. The van der Waals surface area contributed by atoms with E-state index in [1.54, 1.807) is 6.92 Å². The molecule has 0 aliphatic carbocycles. The van der Waals surface area contributed by atoms with Crippen LogP contribution in [0.4, 0.5) is 5.69 Å². The number of rotatable bonds is 4. The van der Waals surface area contributed by atoms with Gasteiger partial charge in [-0.25, -0.2) is 0 Å². The van der Waals surface area contributed by atoms with Gasteiger partial charge < -0.3 is 14.8 Å². The van der Waals surface area contributed by atoms with Gasteiger partial charge in [-0.2, -0.15) is 5.26 Å². The van der Waals surface area contributed by atoms with Crippen molar-refractivity contribution in [1.29, 1.82) is 5.26 Å².